The minimum Gasteiger partial charge on any atom is -0.456 e. The molecule has 9 nitrogen and oxygen atoms in total. The van der Waals surface area contributed by atoms with E-state index in [2.05, 4.69) is 0 Å². The van der Waals surface area contributed by atoms with E-state index in [4.69, 9.17) is 16.6 Å². The molecule has 0 radical (unpaired) electrons. The van der Waals surface area contributed by atoms with Crippen LogP contribution < -0.4 is 4.90 Å². The van der Waals surface area contributed by atoms with E-state index < -0.39 is 15.8 Å². The third-order valence-electron chi connectivity index (χ3n) is 4.36. The fraction of sp³-hybridized carbons (Fsp3) is 0. The molecule has 0 atom stereocenters. The summed E-state index contributed by atoms with van der Waals surface area (Å²) in [6.45, 7) is 0. The number of amides is 1. The minimum atomic E-state index is -0.551. The molecule has 2 heterocycles. The maximum atomic E-state index is 12.9. The summed E-state index contributed by atoms with van der Waals surface area (Å²) in [5.41, 5.74) is 0.354. The molecule has 2 aromatic carbocycles. The summed E-state index contributed by atoms with van der Waals surface area (Å²) in [5.74, 6) is 0.152. The SMILES string of the molecule is O=C1/C(=C\c2ccc(-c3ccccc3[N+](=O)[O-])o2)SC(=S)N1c1cccc([N+](=O)[O-])c1. The number of hydrogen-bond donors (Lipinski definition) is 0. The van der Waals surface area contributed by atoms with Crippen molar-refractivity contribution in [1.82, 2.24) is 0 Å². The van der Waals surface area contributed by atoms with Crippen LogP contribution in [-0.4, -0.2) is 20.1 Å². The number of non-ortho nitro benzene ring substituents is 1. The number of carbonyl (C=O) groups is 1. The van der Waals surface area contributed by atoms with Crippen molar-refractivity contribution < 1.29 is 19.1 Å². The highest BCUT2D eigenvalue weighted by Gasteiger charge is 2.34. The van der Waals surface area contributed by atoms with Crippen molar-refractivity contribution in [2.75, 3.05) is 4.90 Å². The normalized spacial score (nSPS) is 15.0. The molecule has 1 aromatic heterocycles. The van der Waals surface area contributed by atoms with Gasteiger partial charge >= 0.3 is 0 Å². The van der Waals surface area contributed by atoms with Gasteiger partial charge in [-0.2, -0.15) is 0 Å². The van der Waals surface area contributed by atoms with Crippen molar-refractivity contribution >= 4 is 57.3 Å². The summed E-state index contributed by atoms with van der Waals surface area (Å²) in [6, 6.07) is 15.0. The summed E-state index contributed by atoms with van der Waals surface area (Å²) in [5, 5.41) is 22.3. The highest BCUT2D eigenvalue weighted by molar-refractivity contribution is 8.27. The third-order valence-corrected chi connectivity index (χ3v) is 5.66. The Bertz CT molecular complexity index is 1280. The molecule has 0 N–H and O–H groups in total. The molecule has 0 aliphatic carbocycles. The first-order valence-corrected chi connectivity index (χ1v) is 9.93. The Morgan fingerprint density at radius 1 is 1.00 bits per heavy atom. The molecule has 1 saturated heterocycles. The molecule has 0 saturated carbocycles. The quantitative estimate of drug-likeness (QED) is 0.225. The molecule has 1 aliphatic heterocycles. The van der Waals surface area contributed by atoms with Crippen LogP contribution in [0.2, 0.25) is 0 Å². The van der Waals surface area contributed by atoms with Gasteiger partial charge in [-0.3, -0.25) is 29.9 Å². The molecule has 1 fully saturated rings. The fourth-order valence-electron chi connectivity index (χ4n) is 2.98. The van der Waals surface area contributed by atoms with Crippen LogP contribution >= 0.6 is 24.0 Å². The van der Waals surface area contributed by atoms with Crippen molar-refractivity contribution in [2.24, 2.45) is 0 Å². The molecule has 11 heteroatoms. The molecular weight excluding hydrogens is 442 g/mol. The fourth-order valence-corrected chi connectivity index (χ4v) is 4.26. The standard InChI is InChI=1S/C20H11N3O6S2/c24-19-18(31-20(30)21(19)12-4-3-5-13(10-12)22(25)26)11-14-8-9-17(29-14)15-6-1-2-7-16(15)23(27)28/h1-11H/b18-11+. The Kier molecular flexibility index (Phi) is 5.36. The van der Waals surface area contributed by atoms with Gasteiger partial charge in [0.15, 0.2) is 4.32 Å². The Balaban J connectivity index is 1.64. The van der Waals surface area contributed by atoms with E-state index in [0.29, 0.717) is 17.0 Å². The molecule has 1 aliphatic rings. The van der Waals surface area contributed by atoms with Gasteiger partial charge in [-0.15, -0.1) is 0 Å². The smallest absolute Gasteiger partial charge is 0.280 e. The van der Waals surface area contributed by atoms with Crippen molar-refractivity contribution in [3.8, 4) is 11.3 Å². The molecular formula is C20H11N3O6S2. The van der Waals surface area contributed by atoms with E-state index in [1.165, 1.54) is 35.2 Å². The second-order valence-corrected chi connectivity index (χ2v) is 7.95. The lowest BCUT2D eigenvalue weighted by molar-refractivity contribution is -0.384. The Hall–Kier alpha value is -3.83. The molecule has 0 bridgehead atoms. The number of benzene rings is 2. The molecule has 154 valence electrons. The first-order chi connectivity index (χ1) is 14.8. The molecule has 1 amide bonds. The van der Waals surface area contributed by atoms with Crippen LogP contribution in [0.3, 0.4) is 0 Å². The molecule has 4 rings (SSSR count). The van der Waals surface area contributed by atoms with Gasteiger partial charge in [0.05, 0.1) is 26.0 Å². The zero-order valence-electron chi connectivity index (χ0n) is 15.5. The van der Waals surface area contributed by atoms with Gasteiger partial charge in [0.2, 0.25) is 0 Å². The van der Waals surface area contributed by atoms with Crippen LogP contribution in [0.4, 0.5) is 17.1 Å². The number of nitrogens with zero attached hydrogens (tertiary/aromatic N) is 3. The maximum Gasteiger partial charge on any atom is 0.280 e. The Labute approximate surface area is 184 Å². The Morgan fingerprint density at radius 3 is 2.52 bits per heavy atom. The van der Waals surface area contributed by atoms with Crippen LogP contribution in [0, 0.1) is 20.2 Å². The van der Waals surface area contributed by atoms with E-state index in [-0.39, 0.29) is 26.4 Å². The number of carbonyl (C=O) groups excluding carboxylic acids is 1. The topological polar surface area (TPSA) is 120 Å². The van der Waals surface area contributed by atoms with Gasteiger partial charge < -0.3 is 4.42 Å². The van der Waals surface area contributed by atoms with Crippen molar-refractivity contribution in [3.05, 3.63) is 91.6 Å². The third kappa shape index (κ3) is 3.96. The predicted molar refractivity (Wildman–Crippen MR) is 120 cm³/mol. The van der Waals surface area contributed by atoms with Crippen LogP contribution in [0.25, 0.3) is 17.4 Å². The minimum absolute atomic E-state index is 0.0969. The van der Waals surface area contributed by atoms with Gasteiger partial charge in [-0.1, -0.05) is 42.2 Å². The number of rotatable bonds is 5. The highest BCUT2D eigenvalue weighted by Crippen LogP contribution is 2.38. The van der Waals surface area contributed by atoms with Gasteiger partial charge in [0, 0.05) is 24.3 Å². The van der Waals surface area contributed by atoms with E-state index in [1.807, 2.05) is 0 Å². The lowest BCUT2D eigenvalue weighted by atomic mass is 10.1. The van der Waals surface area contributed by atoms with Crippen molar-refractivity contribution in [3.63, 3.8) is 0 Å². The summed E-state index contributed by atoms with van der Waals surface area (Å²) in [6.07, 6.45) is 1.48. The average Bonchev–Trinajstić information content (AvgIpc) is 3.32. The van der Waals surface area contributed by atoms with E-state index in [1.54, 1.807) is 36.4 Å². The summed E-state index contributed by atoms with van der Waals surface area (Å²) in [7, 11) is 0. The number of nitro benzene ring substituents is 2. The number of anilines is 1. The van der Waals surface area contributed by atoms with E-state index in [9.17, 15) is 25.0 Å². The first kappa shape index (κ1) is 20.4. The van der Waals surface area contributed by atoms with Crippen molar-refractivity contribution in [1.29, 1.82) is 0 Å². The average molecular weight is 453 g/mol. The predicted octanol–water partition coefficient (Wildman–Crippen LogP) is 5.17. The largest absolute Gasteiger partial charge is 0.456 e. The van der Waals surface area contributed by atoms with Crippen LogP contribution in [0.15, 0.2) is 70.0 Å². The summed E-state index contributed by atoms with van der Waals surface area (Å²) in [4.78, 5) is 35.6. The van der Waals surface area contributed by atoms with Crippen LogP contribution in [-0.2, 0) is 4.79 Å². The van der Waals surface area contributed by atoms with E-state index >= 15 is 0 Å². The van der Waals surface area contributed by atoms with Crippen molar-refractivity contribution in [2.45, 2.75) is 0 Å². The number of thioether (sulfide) groups is 1. The van der Waals surface area contributed by atoms with Gasteiger partial charge in [-0.25, -0.2) is 0 Å². The zero-order chi connectivity index (χ0) is 22.1. The lowest BCUT2D eigenvalue weighted by Gasteiger charge is -2.13. The maximum absolute atomic E-state index is 12.9. The molecule has 31 heavy (non-hydrogen) atoms. The number of thiocarbonyl (C=S) groups is 1. The Morgan fingerprint density at radius 2 is 1.77 bits per heavy atom. The van der Waals surface area contributed by atoms with Gasteiger partial charge in [0.25, 0.3) is 17.3 Å². The second kappa shape index (κ2) is 8.13. The van der Waals surface area contributed by atoms with Gasteiger partial charge in [0.1, 0.15) is 11.5 Å². The number of nitro groups is 2. The first-order valence-electron chi connectivity index (χ1n) is 8.71. The molecule has 0 spiro atoms. The lowest BCUT2D eigenvalue weighted by Crippen LogP contribution is -2.27. The number of para-hydroxylation sites is 1. The molecule has 3 aromatic rings. The van der Waals surface area contributed by atoms with E-state index in [0.717, 1.165) is 11.8 Å². The monoisotopic (exact) mass is 453 g/mol. The summed E-state index contributed by atoms with van der Waals surface area (Å²) < 4.78 is 5.92. The number of hydrogen-bond acceptors (Lipinski definition) is 8. The number of furan rings is 1. The second-order valence-electron chi connectivity index (χ2n) is 6.27. The van der Waals surface area contributed by atoms with Gasteiger partial charge in [-0.05, 0) is 24.3 Å². The molecule has 0 unspecified atom stereocenters. The van der Waals surface area contributed by atoms with Crippen LogP contribution in [0.5, 0.6) is 0 Å². The van der Waals surface area contributed by atoms with Crippen LogP contribution in [0.1, 0.15) is 5.76 Å². The highest BCUT2D eigenvalue weighted by atomic mass is 32.2. The zero-order valence-corrected chi connectivity index (χ0v) is 17.1. The summed E-state index contributed by atoms with van der Waals surface area (Å²) >= 11 is 6.31.